The third kappa shape index (κ3) is 6.86. The molecule has 2 aromatic carbocycles. The van der Waals surface area contributed by atoms with Crippen LogP contribution in [0.4, 0.5) is 5.69 Å². The molecule has 3 aromatic rings. The molecule has 0 atom stereocenters. The van der Waals surface area contributed by atoms with Crippen molar-refractivity contribution in [3.05, 3.63) is 65.9 Å². The van der Waals surface area contributed by atoms with Crippen LogP contribution in [0.25, 0.3) is 10.9 Å². The van der Waals surface area contributed by atoms with Gasteiger partial charge in [0.2, 0.25) is 0 Å². The number of para-hydroxylation sites is 1. The molecule has 1 aliphatic heterocycles. The first-order valence-electron chi connectivity index (χ1n) is 12.4. The van der Waals surface area contributed by atoms with E-state index in [9.17, 15) is 9.59 Å². The van der Waals surface area contributed by atoms with Crippen LogP contribution >= 0.6 is 12.4 Å². The standard InChI is InChI=1S/C28H35N3O3.ClH/c1-3-34-28(33)21-31-20-24(26-9-4-5-10-27(26)31)8-6-7-15-29-16-18-30(19-17-29)25-13-11-23(12-14-25)22(2)32;/h4-5,9-14,20H,3,6-8,15-19,21H2,1-2H3;1H. The molecule has 0 unspecified atom stereocenters. The van der Waals surface area contributed by atoms with Crippen molar-refractivity contribution in [1.82, 2.24) is 9.47 Å². The van der Waals surface area contributed by atoms with Gasteiger partial charge in [0.1, 0.15) is 6.54 Å². The highest BCUT2D eigenvalue weighted by atomic mass is 35.5. The highest BCUT2D eigenvalue weighted by molar-refractivity contribution is 5.94. The number of rotatable bonds is 10. The molecular weight excluding hydrogens is 462 g/mol. The summed E-state index contributed by atoms with van der Waals surface area (Å²) < 4.78 is 7.16. The Bertz CT molecular complexity index is 1120. The number of fused-ring (bicyclic) bond motifs is 1. The van der Waals surface area contributed by atoms with Crippen LogP contribution in [0.2, 0.25) is 0 Å². The first-order valence-corrected chi connectivity index (χ1v) is 12.4. The highest BCUT2D eigenvalue weighted by Crippen LogP contribution is 2.23. The Labute approximate surface area is 214 Å². The summed E-state index contributed by atoms with van der Waals surface area (Å²) in [5, 5.41) is 1.23. The maximum absolute atomic E-state index is 12.0. The molecule has 0 N–H and O–H groups in total. The second kappa shape index (κ2) is 12.8. The summed E-state index contributed by atoms with van der Waals surface area (Å²) in [6.45, 7) is 9.38. The van der Waals surface area contributed by atoms with E-state index in [0.29, 0.717) is 6.61 Å². The Kier molecular flexibility index (Phi) is 9.75. The summed E-state index contributed by atoms with van der Waals surface area (Å²) in [5.74, 6) is -0.0799. The molecular formula is C28H36ClN3O3. The highest BCUT2D eigenvalue weighted by Gasteiger charge is 2.17. The van der Waals surface area contributed by atoms with E-state index in [0.717, 1.165) is 63.1 Å². The fraction of sp³-hybridized carbons (Fsp3) is 0.429. The summed E-state index contributed by atoms with van der Waals surface area (Å²) in [6, 6.07) is 16.3. The minimum atomic E-state index is -0.191. The summed E-state index contributed by atoms with van der Waals surface area (Å²) >= 11 is 0. The van der Waals surface area contributed by atoms with E-state index in [-0.39, 0.29) is 30.7 Å². The minimum Gasteiger partial charge on any atom is -0.465 e. The molecule has 0 radical (unpaired) electrons. The number of carbonyl (C=O) groups excluding carboxylic acids is 2. The van der Waals surface area contributed by atoms with Crippen molar-refractivity contribution in [3.63, 3.8) is 0 Å². The van der Waals surface area contributed by atoms with E-state index in [4.69, 9.17) is 4.74 Å². The Balaban J connectivity index is 0.00000342. The van der Waals surface area contributed by atoms with Crippen molar-refractivity contribution < 1.29 is 14.3 Å². The van der Waals surface area contributed by atoms with E-state index >= 15 is 0 Å². The second-order valence-corrected chi connectivity index (χ2v) is 8.99. The van der Waals surface area contributed by atoms with Crippen LogP contribution in [0.5, 0.6) is 0 Å². The molecule has 0 bridgehead atoms. The van der Waals surface area contributed by atoms with Crippen molar-refractivity contribution >= 4 is 40.7 Å². The molecule has 7 heteroatoms. The van der Waals surface area contributed by atoms with Gasteiger partial charge in [0.25, 0.3) is 0 Å². The fourth-order valence-corrected chi connectivity index (χ4v) is 4.79. The fourth-order valence-electron chi connectivity index (χ4n) is 4.79. The number of hydrogen-bond acceptors (Lipinski definition) is 5. The van der Waals surface area contributed by atoms with Gasteiger partial charge in [-0.3, -0.25) is 14.5 Å². The predicted molar refractivity (Wildman–Crippen MR) is 144 cm³/mol. The summed E-state index contributed by atoms with van der Waals surface area (Å²) in [5.41, 5.74) is 4.37. The third-order valence-corrected chi connectivity index (χ3v) is 6.66. The molecule has 1 saturated heterocycles. The Hall–Kier alpha value is -2.83. The van der Waals surface area contributed by atoms with Gasteiger partial charge in [-0.1, -0.05) is 18.2 Å². The molecule has 0 spiro atoms. The number of aryl methyl sites for hydroxylation is 1. The number of piperazine rings is 1. The molecule has 1 aromatic heterocycles. The quantitative estimate of drug-likeness (QED) is 0.225. The van der Waals surface area contributed by atoms with Crippen molar-refractivity contribution in [2.24, 2.45) is 0 Å². The van der Waals surface area contributed by atoms with Gasteiger partial charge in [-0.25, -0.2) is 0 Å². The average Bonchev–Trinajstić information content (AvgIpc) is 3.19. The lowest BCUT2D eigenvalue weighted by Crippen LogP contribution is -2.46. The smallest absolute Gasteiger partial charge is 0.325 e. The van der Waals surface area contributed by atoms with Crippen LogP contribution in [0.15, 0.2) is 54.7 Å². The first-order chi connectivity index (χ1) is 16.5. The molecule has 1 aliphatic rings. The summed E-state index contributed by atoms with van der Waals surface area (Å²) in [7, 11) is 0. The van der Waals surface area contributed by atoms with Crippen LogP contribution < -0.4 is 4.90 Å². The molecule has 2 heterocycles. The zero-order valence-corrected chi connectivity index (χ0v) is 21.6. The van der Waals surface area contributed by atoms with E-state index in [1.807, 2.05) is 29.7 Å². The number of carbonyl (C=O) groups is 2. The summed E-state index contributed by atoms with van der Waals surface area (Å²) in [6.07, 6.45) is 5.42. The van der Waals surface area contributed by atoms with Crippen LogP contribution in [-0.2, 0) is 22.5 Å². The topological polar surface area (TPSA) is 54.8 Å². The number of Topliss-reactive ketones (excluding diaryl/α,β-unsaturated/α-hetero) is 1. The average molecular weight is 498 g/mol. The van der Waals surface area contributed by atoms with Crippen LogP contribution in [0.1, 0.15) is 42.6 Å². The Morgan fingerprint density at radius 2 is 1.66 bits per heavy atom. The van der Waals surface area contributed by atoms with Gasteiger partial charge in [-0.05, 0) is 75.5 Å². The van der Waals surface area contributed by atoms with E-state index in [1.54, 1.807) is 6.92 Å². The van der Waals surface area contributed by atoms with Crippen molar-refractivity contribution in [1.29, 1.82) is 0 Å². The number of anilines is 1. The largest absolute Gasteiger partial charge is 0.465 e. The lowest BCUT2D eigenvalue weighted by Gasteiger charge is -2.36. The van der Waals surface area contributed by atoms with Crippen molar-refractivity contribution in [2.45, 2.75) is 39.7 Å². The number of nitrogens with zero attached hydrogens (tertiary/aromatic N) is 3. The number of hydrogen-bond donors (Lipinski definition) is 0. The van der Waals surface area contributed by atoms with Gasteiger partial charge >= 0.3 is 5.97 Å². The zero-order valence-electron chi connectivity index (χ0n) is 20.7. The lowest BCUT2D eigenvalue weighted by molar-refractivity contribution is -0.143. The number of esters is 1. The van der Waals surface area contributed by atoms with Crippen molar-refractivity contribution in [2.75, 3.05) is 44.2 Å². The first kappa shape index (κ1) is 26.8. The van der Waals surface area contributed by atoms with Gasteiger partial charge in [0.15, 0.2) is 5.78 Å². The van der Waals surface area contributed by atoms with Gasteiger partial charge < -0.3 is 14.2 Å². The molecule has 4 rings (SSSR count). The van der Waals surface area contributed by atoms with Gasteiger partial charge in [-0.2, -0.15) is 0 Å². The monoisotopic (exact) mass is 497 g/mol. The third-order valence-electron chi connectivity index (χ3n) is 6.66. The maximum atomic E-state index is 12.0. The molecule has 188 valence electrons. The molecule has 0 saturated carbocycles. The predicted octanol–water partition coefficient (Wildman–Crippen LogP) is 4.97. The maximum Gasteiger partial charge on any atom is 0.325 e. The molecule has 6 nitrogen and oxygen atoms in total. The second-order valence-electron chi connectivity index (χ2n) is 8.99. The van der Waals surface area contributed by atoms with E-state index < -0.39 is 0 Å². The molecule has 35 heavy (non-hydrogen) atoms. The van der Waals surface area contributed by atoms with Crippen LogP contribution in [0.3, 0.4) is 0 Å². The molecule has 1 fully saturated rings. The van der Waals surface area contributed by atoms with E-state index in [1.165, 1.54) is 16.6 Å². The normalized spacial score (nSPS) is 14.1. The minimum absolute atomic E-state index is 0. The number of ketones is 1. The summed E-state index contributed by atoms with van der Waals surface area (Å²) in [4.78, 5) is 28.4. The van der Waals surface area contributed by atoms with Gasteiger partial charge in [0.05, 0.1) is 6.61 Å². The number of halogens is 1. The van der Waals surface area contributed by atoms with E-state index in [2.05, 4.69) is 46.3 Å². The van der Waals surface area contributed by atoms with Gasteiger partial charge in [0, 0.05) is 54.5 Å². The molecule has 0 aliphatic carbocycles. The lowest BCUT2D eigenvalue weighted by atomic mass is 10.1. The van der Waals surface area contributed by atoms with Gasteiger partial charge in [-0.15, -0.1) is 12.4 Å². The molecule has 0 amide bonds. The SMILES string of the molecule is CCOC(=O)Cn1cc(CCCCN2CCN(c3ccc(C(C)=O)cc3)CC2)c2ccccc21.Cl. The van der Waals surface area contributed by atoms with Crippen LogP contribution in [0, 0.1) is 0 Å². The Morgan fingerprint density at radius 1 is 0.943 bits per heavy atom. The number of aromatic nitrogens is 1. The van der Waals surface area contributed by atoms with Crippen molar-refractivity contribution in [3.8, 4) is 0 Å². The Morgan fingerprint density at radius 3 is 2.34 bits per heavy atom. The van der Waals surface area contributed by atoms with Crippen LogP contribution in [-0.4, -0.2) is 60.6 Å². The zero-order chi connectivity index (χ0) is 23.9. The number of unbranched alkanes of at least 4 members (excludes halogenated alkanes) is 1. The number of ether oxygens (including phenoxy) is 1. The number of benzene rings is 2.